The van der Waals surface area contributed by atoms with Crippen molar-refractivity contribution >= 4 is 61.7 Å². The number of benzene rings is 2. The van der Waals surface area contributed by atoms with Gasteiger partial charge in [0.15, 0.2) is 5.00 Å². The van der Waals surface area contributed by atoms with Crippen molar-refractivity contribution in [1.29, 1.82) is 0 Å². The van der Waals surface area contributed by atoms with E-state index in [0.717, 1.165) is 11.5 Å². The molecule has 0 radical (unpaired) electrons. The molecule has 0 spiro atoms. The standard InChI is InChI=1S/C13H9ClN4O3S2/c14-10-6-7(2-4-12(10)19)15-16-13-9-5-8(18-23(20)21)1-3-11(9)17-22-13/h1-6,18-19H,(H,20,21)/p-1. The van der Waals surface area contributed by atoms with Gasteiger partial charge in [-0.25, -0.2) is 0 Å². The fourth-order valence-corrected chi connectivity index (χ4v) is 3.00. The number of phenols is 1. The summed E-state index contributed by atoms with van der Waals surface area (Å²) in [6.07, 6.45) is 0. The quantitative estimate of drug-likeness (QED) is 0.529. The summed E-state index contributed by atoms with van der Waals surface area (Å²) >= 11 is 4.55. The summed E-state index contributed by atoms with van der Waals surface area (Å²) in [5.41, 5.74) is 1.58. The molecule has 0 aliphatic carbocycles. The maximum absolute atomic E-state index is 10.7. The Balaban J connectivity index is 1.94. The molecule has 1 aromatic heterocycles. The van der Waals surface area contributed by atoms with Crippen molar-refractivity contribution in [3.8, 4) is 5.75 Å². The van der Waals surface area contributed by atoms with Gasteiger partial charge in [-0.3, -0.25) is 4.21 Å². The predicted octanol–water partition coefficient (Wildman–Crippen LogP) is 4.28. The molecule has 3 aromatic rings. The van der Waals surface area contributed by atoms with Crippen LogP contribution in [-0.4, -0.2) is 18.2 Å². The van der Waals surface area contributed by atoms with Gasteiger partial charge in [-0.1, -0.05) is 11.6 Å². The smallest absolute Gasteiger partial charge is 0.166 e. The van der Waals surface area contributed by atoms with E-state index < -0.39 is 11.3 Å². The van der Waals surface area contributed by atoms with E-state index in [1.165, 1.54) is 12.1 Å². The Morgan fingerprint density at radius 3 is 2.83 bits per heavy atom. The lowest BCUT2D eigenvalue weighted by Crippen LogP contribution is -2.01. The molecule has 1 heterocycles. The van der Waals surface area contributed by atoms with Gasteiger partial charge in [0.25, 0.3) is 0 Å². The van der Waals surface area contributed by atoms with Crippen molar-refractivity contribution < 1.29 is 13.9 Å². The molecule has 3 rings (SSSR count). The Labute approximate surface area is 142 Å². The molecule has 0 saturated heterocycles. The third-order valence-corrected chi connectivity index (χ3v) is 4.31. The fourth-order valence-electron chi connectivity index (χ4n) is 1.82. The van der Waals surface area contributed by atoms with E-state index in [-0.39, 0.29) is 10.8 Å². The molecule has 2 N–H and O–H groups in total. The number of phenolic OH excluding ortho intramolecular Hbond substituents is 1. The minimum absolute atomic E-state index is 0.0322. The van der Waals surface area contributed by atoms with Crippen molar-refractivity contribution in [2.45, 2.75) is 0 Å². The lowest BCUT2D eigenvalue weighted by atomic mass is 10.2. The van der Waals surface area contributed by atoms with Crippen LogP contribution >= 0.6 is 23.1 Å². The molecular formula is C13H8ClN4O3S2-. The topological polar surface area (TPSA) is 110 Å². The second-order valence-corrected chi connectivity index (χ2v) is 6.22. The Kier molecular flexibility index (Phi) is 4.53. The lowest BCUT2D eigenvalue weighted by molar-refractivity contribution is 0.475. The summed E-state index contributed by atoms with van der Waals surface area (Å²) in [6.45, 7) is 0. The van der Waals surface area contributed by atoms with E-state index in [9.17, 15) is 13.9 Å². The second kappa shape index (κ2) is 6.59. The average Bonchev–Trinajstić information content (AvgIpc) is 2.90. The van der Waals surface area contributed by atoms with Crippen molar-refractivity contribution in [1.82, 2.24) is 4.37 Å². The summed E-state index contributed by atoms with van der Waals surface area (Å²) < 4.78 is 27.9. The number of rotatable bonds is 4. The molecule has 0 amide bonds. The molecule has 0 saturated carbocycles. The van der Waals surface area contributed by atoms with Gasteiger partial charge in [0.1, 0.15) is 5.75 Å². The molecule has 1 atom stereocenters. The van der Waals surface area contributed by atoms with Crippen LogP contribution in [0.15, 0.2) is 46.6 Å². The molecule has 118 valence electrons. The van der Waals surface area contributed by atoms with Gasteiger partial charge in [0.05, 0.1) is 16.2 Å². The van der Waals surface area contributed by atoms with E-state index in [1.54, 1.807) is 24.3 Å². The van der Waals surface area contributed by atoms with Crippen molar-refractivity contribution in [3.05, 3.63) is 41.4 Å². The maximum Gasteiger partial charge on any atom is 0.166 e. The Hall–Kier alpha value is -2.07. The first-order valence-electron chi connectivity index (χ1n) is 6.18. The number of azo groups is 1. The van der Waals surface area contributed by atoms with Crippen LogP contribution in [0.4, 0.5) is 16.4 Å². The molecular weight excluding hydrogens is 360 g/mol. The first kappa shape index (κ1) is 15.8. The highest BCUT2D eigenvalue weighted by Crippen LogP contribution is 2.34. The predicted molar refractivity (Wildman–Crippen MR) is 89.5 cm³/mol. The zero-order valence-corrected chi connectivity index (χ0v) is 13.7. The highest BCUT2D eigenvalue weighted by molar-refractivity contribution is 7.80. The summed E-state index contributed by atoms with van der Waals surface area (Å²) in [6, 6.07) is 9.41. The van der Waals surface area contributed by atoms with Crippen LogP contribution in [0, 0.1) is 0 Å². The first-order valence-corrected chi connectivity index (χ1v) is 8.41. The largest absolute Gasteiger partial charge is 0.755 e. The van der Waals surface area contributed by atoms with Gasteiger partial charge < -0.3 is 14.4 Å². The molecule has 1 unspecified atom stereocenters. The fraction of sp³-hybridized carbons (Fsp3) is 0. The van der Waals surface area contributed by atoms with Crippen LogP contribution in [0.2, 0.25) is 5.02 Å². The maximum atomic E-state index is 10.7. The van der Waals surface area contributed by atoms with Gasteiger partial charge in [-0.2, -0.15) is 4.37 Å². The van der Waals surface area contributed by atoms with E-state index in [0.29, 0.717) is 27.3 Å². The first-order chi connectivity index (χ1) is 11.0. The number of halogens is 1. The van der Waals surface area contributed by atoms with Gasteiger partial charge in [-0.15, -0.1) is 10.2 Å². The number of nitrogens with zero attached hydrogens (tertiary/aromatic N) is 3. The van der Waals surface area contributed by atoms with Crippen LogP contribution < -0.4 is 4.72 Å². The molecule has 23 heavy (non-hydrogen) atoms. The summed E-state index contributed by atoms with van der Waals surface area (Å²) in [5.74, 6) is -0.0322. The monoisotopic (exact) mass is 367 g/mol. The second-order valence-electron chi connectivity index (χ2n) is 4.39. The van der Waals surface area contributed by atoms with Gasteiger partial charge in [-0.05, 0) is 47.9 Å². The van der Waals surface area contributed by atoms with E-state index in [1.807, 2.05) is 0 Å². The van der Waals surface area contributed by atoms with Crippen LogP contribution in [0.5, 0.6) is 5.75 Å². The van der Waals surface area contributed by atoms with Crippen LogP contribution in [0.3, 0.4) is 0 Å². The molecule has 7 nitrogen and oxygen atoms in total. The van der Waals surface area contributed by atoms with Gasteiger partial charge in [0, 0.05) is 22.3 Å². The van der Waals surface area contributed by atoms with Gasteiger partial charge in [0.2, 0.25) is 0 Å². The van der Waals surface area contributed by atoms with E-state index in [2.05, 4.69) is 19.3 Å². The number of fused-ring (bicyclic) bond motifs is 1. The molecule has 0 bridgehead atoms. The normalized spacial score (nSPS) is 12.8. The third kappa shape index (κ3) is 3.64. The third-order valence-electron chi connectivity index (χ3n) is 2.85. The molecule has 0 fully saturated rings. The summed E-state index contributed by atoms with van der Waals surface area (Å²) in [7, 11) is 0. The number of anilines is 1. The number of hydrogen-bond acceptors (Lipinski definition) is 7. The van der Waals surface area contributed by atoms with Gasteiger partial charge >= 0.3 is 0 Å². The summed E-state index contributed by atoms with van der Waals surface area (Å²) in [4.78, 5) is 0. The minimum atomic E-state index is -2.40. The summed E-state index contributed by atoms with van der Waals surface area (Å²) in [5, 5.41) is 18.9. The van der Waals surface area contributed by atoms with Crippen molar-refractivity contribution in [2.75, 3.05) is 4.72 Å². The van der Waals surface area contributed by atoms with Crippen LogP contribution in [0.1, 0.15) is 0 Å². The SMILES string of the molecule is O=S([O-])Nc1ccc2nsc(N=Nc3ccc(O)c(Cl)c3)c2c1. The number of aromatic nitrogens is 1. The number of hydrogen-bond donors (Lipinski definition) is 2. The van der Waals surface area contributed by atoms with Crippen LogP contribution in [-0.2, 0) is 11.3 Å². The zero-order chi connectivity index (χ0) is 16.4. The molecule has 0 aliphatic heterocycles. The molecule has 10 heteroatoms. The van der Waals surface area contributed by atoms with Crippen LogP contribution in [0.25, 0.3) is 10.9 Å². The Morgan fingerprint density at radius 2 is 2.09 bits per heavy atom. The molecule has 0 aliphatic rings. The van der Waals surface area contributed by atoms with Crippen molar-refractivity contribution in [2.24, 2.45) is 10.2 Å². The number of aromatic hydroxyl groups is 1. The molecule has 2 aromatic carbocycles. The Bertz CT molecular complexity index is 929. The Morgan fingerprint density at radius 1 is 1.26 bits per heavy atom. The number of nitrogens with one attached hydrogen (secondary N) is 1. The zero-order valence-electron chi connectivity index (χ0n) is 11.3. The van der Waals surface area contributed by atoms with Crippen molar-refractivity contribution in [3.63, 3.8) is 0 Å². The lowest BCUT2D eigenvalue weighted by Gasteiger charge is -2.07. The minimum Gasteiger partial charge on any atom is -0.755 e. The average molecular weight is 368 g/mol. The van der Waals surface area contributed by atoms with E-state index >= 15 is 0 Å². The van der Waals surface area contributed by atoms with E-state index in [4.69, 9.17) is 11.6 Å². The highest BCUT2D eigenvalue weighted by Gasteiger charge is 2.07. The highest BCUT2D eigenvalue weighted by atomic mass is 35.5.